The lowest BCUT2D eigenvalue weighted by atomic mass is 10.2. The molecule has 21 heavy (non-hydrogen) atoms. The minimum atomic E-state index is -3.36. The minimum absolute atomic E-state index is 0.332. The molecule has 0 bridgehead atoms. The third kappa shape index (κ3) is 3.11. The maximum absolute atomic E-state index is 12.5. The van der Waals surface area contributed by atoms with Crippen LogP contribution in [0.4, 0.5) is 0 Å². The molecule has 1 aliphatic rings. The van der Waals surface area contributed by atoms with Crippen molar-refractivity contribution in [2.75, 3.05) is 20.1 Å². The van der Waals surface area contributed by atoms with Crippen LogP contribution in [0.2, 0.25) is 0 Å². The Balaban J connectivity index is 1.76. The molecule has 0 saturated carbocycles. The van der Waals surface area contributed by atoms with E-state index in [2.05, 4.69) is 4.98 Å². The second-order valence-electron chi connectivity index (χ2n) is 5.30. The van der Waals surface area contributed by atoms with Crippen molar-refractivity contribution in [2.24, 2.45) is 0 Å². The lowest BCUT2D eigenvalue weighted by Gasteiger charge is -2.29. The van der Waals surface area contributed by atoms with Gasteiger partial charge in [-0.2, -0.15) is 17.0 Å². The van der Waals surface area contributed by atoms with Gasteiger partial charge < -0.3 is 0 Å². The van der Waals surface area contributed by atoms with Gasteiger partial charge in [-0.05, 0) is 25.0 Å². The minimum Gasteiger partial charge on any atom is -0.240 e. The van der Waals surface area contributed by atoms with Crippen LogP contribution in [0.5, 0.6) is 0 Å². The Morgan fingerprint density at radius 1 is 1.24 bits per heavy atom. The Bertz CT molecular complexity index is 688. The number of benzene rings is 1. The van der Waals surface area contributed by atoms with Gasteiger partial charge in [0.2, 0.25) is 0 Å². The topological polar surface area (TPSA) is 53.5 Å². The van der Waals surface area contributed by atoms with E-state index < -0.39 is 10.2 Å². The fourth-order valence-corrected chi connectivity index (χ4v) is 5.05. The van der Waals surface area contributed by atoms with Crippen molar-refractivity contribution in [1.82, 2.24) is 13.6 Å². The highest BCUT2D eigenvalue weighted by atomic mass is 32.2. The van der Waals surface area contributed by atoms with Crippen LogP contribution in [0.25, 0.3) is 10.2 Å². The first kappa shape index (κ1) is 14.9. The van der Waals surface area contributed by atoms with Crippen molar-refractivity contribution < 1.29 is 8.42 Å². The molecule has 0 atom stereocenters. The zero-order chi connectivity index (χ0) is 14.9. The SMILES string of the molecule is CN(Cc1nc2ccccc2s1)S(=O)(=O)N1CCCCC1. The lowest BCUT2D eigenvalue weighted by molar-refractivity contribution is 0.314. The third-order valence-electron chi connectivity index (χ3n) is 3.73. The molecule has 7 heteroatoms. The number of hydrogen-bond acceptors (Lipinski definition) is 4. The molecule has 114 valence electrons. The number of piperidine rings is 1. The summed E-state index contributed by atoms with van der Waals surface area (Å²) in [5, 5.41) is 0.833. The van der Waals surface area contributed by atoms with E-state index in [0.717, 1.165) is 34.5 Å². The Kier molecular flexibility index (Phi) is 4.26. The average molecular weight is 325 g/mol. The molecular formula is C14H19N3O2S2. The monoisotopic (exact) mass is 325 g/mol. The fourth-order valence-electron chi connectivity index (χ4n) is 2.55. The summed E-state index contributed by atoms with van der Waals surface area (Å²) in [6, 6.07) is 7.88. The van der Waals surface area contributed by atoms with Gasteiger partial charge >= 0.3 is 0 Å². The number of hydrogen-bond donors (Lipinski definition) is 0. The molecule has 3 rings (SSSR count). The van der Waals surface area contributed by atoms with E-state index in [1.807, 2.05) is 24.3 Å². The summed E-state index contributed by atoms with van der Waals surface area (Å²) in [5.74, 6) is 0. The number of nitrogens with zero attached hydrogens (tertiary/aromatic N) is 3. The molecule has 1 aliphatic heterocycles. The number of rotatable bonds is 4. The van der Waals surface area contributed by atoms with Gasteiger partial charge in [-0.25, -0.2) is 4.98 Å². The first-order valence-electron chi connectivity index (χ1n) is 7.13. The van der Waals surface area contributed by atoms with Gasteiger partial charge in [-0.15, -0.1) is 11.3 Å². The van der Waals surface area contributed by atoms with E-state index in [-0.39, 0.29) is 0 Å². The number of para-hydroxylation sites is 1. The lowest BCUT2D eigenvalue weighted by Crippen LogP contribution is -2.43. The molecule has 5 nitrogen and oxygen atoms in total. The number of aromatic nitrogens is 1. The molecule has 0 aliphatic carbocycles. The van der Waals surface area contributed by atoms with Crippen molar-refractivity contribution in [1.29, 1.82) is 0 Å². The van der Waals surface area contributed by atoms with E-state index in [9.17, 15) is 8.42 Å². The van der Waals surface area contributed by atoms with Crippen LogP contribution >= 0.6 is 11.3 Å². The number of fused-ring (bicyclic) bond motifs is 1. The van der Waals surface area contributed by atoms with E-state index in [1.165, 1.54) is 4.31 Å². The Morgan fingerprint density at radius 3 is 2.67 bits per heavy atom. The molecule has 1 aromatic heterocycles. The van der Waals surface area contributed by atoms with Gasteiger partial charge in [0, 0.05) is 20.1 Å². The van der Waals surface area contributed by atoms with Crippen LogP contribution in [-0.2, 0) is 16.8 Å². The molecule has 0 unspecified atom stereocenters. The van der Waals surface area contributed by atoms with Crippen molar-refractivity contribution in [2.45, 2.75) is 25.8 Å². The molecule has 1 saturated heterocycles. The normalized spacial score (nSPS) is 17.6. The Hall–Kier alpha value is -1.02. The molecule has 0 N–H and O–H groups in total. The predicted molar refractivity (Wildman–Crippen MR) is 85.4 cm³/mol. The summed E-state index contributed by atoms with van der Waals surface area (Å²) in [7, 11) is -1.73. The van der Waals surface area contributed by atoms with Crippen molar-refractivity contribution in [3.63, 3.8) is 0 Å². The third-order valence-corrected chi connectivity index (χ3v) is 6.69. The molecule has 0 spiro atoms. The van der Waals surface area contributed by atoms with Gasteiger partial charge in [0.15, 0.2) is 0 Å². The molecule has 2 heterocycles. The highest BCUT2D eigenvalue weighted by molar-refractivity contribution is 7.86. The van der Waals surface area contributed by atoms with Gasteiger partial charge in [0.1, 0.15) is 5.01 Å². The molecule has 0 radical (unpaired) electrons. The predicted octanol–water partition coefficient (Wildman–Crippen LogP) is 2.46. The van der Waals surface area contributed by atoms with E-state index in [1.54, 1.807) is 22.7 Å². The maximum atomic E-state index is 12.5. The largest absolute Gasteiger partial charge is 0.282 e. The van der Waals surface area contributed by atoms with Crippen molar-refractivity contribution >= 4 is 31.8 Å². The summed E-state index contributed by atoms with van der Waals surface area (Å²) in [6.07, 6.45) is 3.02. The van der Waals surface area contributed by atoms with E-state index in [0.29, 0.717) is 19.6 Å². The van der Waals surface area contributed by atoms with Crippen LogP contribution < -0.4 is 0 Å². The van der Waals surface area contributed by atoms with Crippen molar-refractivity contribution in [3.05, 3.63) is 29.3 Å². The molecule has 1 fully saturated rings. The zero-order valence-electron chi connectivity index (χ0n) is 12.0. The summed E-state index contributed by atoms with van der Waals surface area (Å²) in [5.41, 5.74) is 0.932. The Labute approximate surface area is 129 Å². The van der Waals surface area contributed by atoms with Crippen LogP contribution in [0, 0.1) is 0 Å². The Morgan fingerprint density at radius 2 is 1.95 bits per heavy atom. The quantitative estimate of drug-likeness (QED) is 0.868. The second kappa shape index (κ2) is 6.00. The maximum Gasteiger partial charge on any atom is 0.282 e. The fraction of sp³-hybridized carbons (Fsp3) is 0.500. The molecule has 1 aromatic carbocycles. The highest BCUT2D eigenvalue weighted by Gasteiger charge is 2.28. The summed E-state index contributed by atoms with van der Waals surface area (Å²) in [4.78, 5) is 4.51. The smallest absolute Gasteiger partial charge is 0.240 e. The first-order valence-corrected chi connectivity index (χ1v) is 9.34. The number of thiazole rings is 1. The van der Waals surface area contributed by atoms with E-state index >= 15 is 0 Å². The molecular weight excluding hydrogens is 306 g/mol. The van der Waals surface area contributed by atoms with Gasteiger partial charge in [-0.1, -0.05) is 18.6 Å². The van der Waals surface area contributed by atoms with Gasteiger partial charge in [0.25, 0.3) is 10.2 Å². The van der Waals surface area contributed by atoms with Crippen LogP contribution in [0.15, 0.2) is 24.3 Å². The summed E-state index contributed by atoms with van der Waals surface area (Å²) in [6.45, 7) is 1.59. The van der Waals surface area contributed by atoms with Gasteiger partial charge in [0.05, 0.1) is 16.8 Å². The summed E-state index contributed by atoms with van der Waals surface area (Å²) < 4.78 is 29.2. The van der Waals surface area contributed by atoms with Crippen LogP contribution in [0.3, 0.4) is 0 Å². The average Bonchev–Trinajstić information content (AvgIpc) is 2.90. The summed E-state index contributed by atoms with van der Waals surface area (Å²) >= 11 is 1.55. The first-order chi connectivity index (χ1) is 10.1. The van der Waals surface area contributed by atoms with Crippen LogP contribution in [-0.4, -0.2) is 42.1 Å². The van der Waals surface area contributed by atoms with Gasteiger partial charge in [-0.3, -0.25) is 0 Å². The van der Waals surface area contributed by atoms with Crippen LogP contribution in [0.1, 0.15) is 24.3 Å². The molecule has 0 amide bonds. The zero-order valence-corrected chi connectivity index (χ0v) is 13.7. The standard InChI is InChI=1S/C14H19N3O2S2/c1-16(21(18,19)17-9-5-2-6-10-17)11-14-15-12-7-3-4-8-13(12)20-14/h3-4,7-8H,2,5-6,9-11H2,1H3. The van der Waals surface area contributed by atoms with E-state index in [4.69, 9.17) is 0 Å². The van der Waals surface area contributed by atoms with Crippen molar-refractivity contribution in [3.8, 4) is 0 Å². The molecule has 2 aromatic rings. The highest BCUT2D eigenvalue weighted by Crippen LogP contribution is 2.24. The second-order valence-corrected chi connectivity index (χ2v) is 8.45.